The number of benzene rings is 1. The molecule has 0 saturated carbocycles. The molecule has 0 unspecified atom stereocenters. The Morgan fingerprint density at radius 2 is 1.97 bits per heavy atom. The standard InChI is InChI=1S/C24H24N4O2S/c1-16(2)17-5-7-18(8-6-17)21-14-27-23(30-21)10-9-22(29)26-13-20-15-31-24(28-20)19-4-3-11-25-12-19/h3-8,11-12,14-16H,9-10,13H2,1-2H3,(H,26,29). The van der Waals surface area contributed by atoms with Crippen LogP contribution in [-0.4, -0.2) is 20.9 Å². The van der Waals surface area contributed by atoms with Crippen molar-refractivity contribution < 1.29 is 9.21 Å². The predicted molar refractivity (Wildman–Crippen MR) is 122 cm³/mol. The fourth-order valence-electron chi connectivity index (χ4n) is 3.10. The van der Waals surface area contributed by atoms with Crippen LogP contribution in [0.15, 0.2) is 64.8 Å². The van der Waals surface area contributed by atoms with Gasteiger partial charge in [0.2, 0.25) is 5.91 Å². The topological polar surface area (TPSA) is 80.9 Å². The molecule has 0 fully saturated rings. The number of rotatable bonds is 8. The molecule has 4 aromatic rings. The molecule has 1 N–H and O–H groups in total. The van der Waals surface area contributed by atoms with Gasteiger partial charge < -0.3 is 9.73 Å². The van der Waals surface area contributed by atoms with Crippen molar-refractivity contribution >= 4 is 17.2 Å². The van der Waals surface area contributed by atoms with Gasteiger partial charge in [0.05, 0.1) is 18.4 Å². The van der Waals surface area contributed by atoms with Crippen LogP contribution in [0.3, 0.4) is 0 Å². The first-order valence-corrected chi connectivity index (χ1v) is 11.1. The third-order valence-corrected chi connectivity index (χ3v) is 5.85. The van der Waals surface area contributed by atoms with Gasteiger partial charge in [-0.2, -0.15) is 0 Å². The van der Waals surface area contributed by atoms with Gasteiger partial charge in [0.15, 0.2) is 11.7 Å². The highest BCUT2D eigenvalue weighted by Gasteiger charge is 2.11. The predicted octanol–water partition coefficient (Wildman–Crippen LogP) is 5.23. The van der Waals surface area contributed by atoms with E-state index in [9.17, 15) is 4.79 Å². The fourth-order valence-corrected chi connectivity index (χ4v) is 3.91. The quantitative estimate of drug-likeness (QED) is 0.412. The molecule has 1 amide bonds. The first kappa shape index (κ1) is 20.9. The number of amides is 1. The van der Waals surface area contributed by atoms with Crippen LogP contribution in [0.5, 0.6) is 0 Å². The van der Waals surface area contributed by atoms with Crippen molar-refractivity contribution in [1.29, 1.82) is 0 Å². The normalized spacial score (nSPS) is 11.1. The maximum Gasteiger partial charge on any atom is 0.220 e. The molecule has 0 bridgehead atoms. The molecule has 3 heterocycles. The Kier molecular flexibility index (Phi) is 6.52. The van der Waals surface area contributed by atoms with E-state index in [1.165, 1.54) is 5.56 Å². The molecule has 0 aliphatic rings. The number of nitrogens with one attached hydrogen (secondary N) is 1. The highest BCUT2D eigenvalue weighted by atomic mass is 32.1. The molecule has 0 atom stereocenters. The minimum atomic E-state index is -0.0584. The number of carbonyl (C=O) groups excluding carboxylic acids is 1. The van der Waals surface area contributed by atoms with Crippen molar-refractivity contribution in [2.24, 2.45) is 0 Å². The Morgan fingerprint density at radius 1 is 1.13 bits per heavy atom. The van der Waals surface area contributed by atoms with Gasteiger partial charge in [0.25, 0.3) is 0 Å². The Morgan fingerprint density at radius 3 is 2.71 bits per heavy atom. The zero-order valence-electron chi connectivity index (χ0n) is 17.5. The molecule has 0 aliphatic heterocycles. The second-order valence-corrected chi connectivity index (χ2v) is 8.42. The van der Waals surface area contributed by atoms with E-state index in [0.29, 0.717) is 31.2 Å². The van der Waals surface area contributed by atoms with Crippen molar-refractivity contribution in [3.63, 3.8) is 0 Å². The summed E-state index contributed by atoms with van der Waals surface area (Å²) in [6.07, 6.45) is 5.99. The summed E-state index contributed by atoms with van der Waals surface area (Å²) in [5, 5.41) is 5.76. The van der Waals surface area contributed by atoms with E-state index >= 15 is 0 Å². The van der Waals surface area contributed by atoms with Crippen LogP contribution in [-0.2, 0) is 17.8 Å². The molecular formula is C24H24N4O2S. The van der Waals surface area contributed by atoms with Crippen LogP contribution >= 0.6 is 11.3 Å². The molecule has 1 aromatic carbocycles. The summed E-state index contributed by atoms with van der Waals surface area (Å²) < 4.78 is 5.83. The smallest absolute Gasteiger partial charge is 0.220 e. The Hall–Kier alpha value is -3.32. The summed E-state index contributed by atoms with van der Waals surface area (Å²) in [4.78, 5) is 25.2. The zero-order valence-corrected chi connectivity index (χ0v) is 18.4. The molecule has 31 heavy (non-hydrogen) atoms. The van der Waals surface area contributed by atoms with Gasteiger partial charge >= 0.3 is 0 Å². The van der Waals surface area contributed by atoms with E-state index in [-0.39, 0.29) is 5.91 Å². The second kappa shape index (κ2) is 9.66. The Labute approximate surface area is 185 Å². The van der Waals surface area contributed by atoms with E-state index in [4.69, 9.17) is 4.42 Å². The zero-order chi connectivity index (χ0) is 21.6. The van der Waals surface area contributed by atoms with E-state index in [1.54, 1.807) is 29.9 Å². The lowest BCUT2D eigenvalue weighted by Crippen LogP contribution is -2.23. The monoisotopic (exact) mass is 432 g/mol. The first-order chi connectivity index (χ1) is 15.1. The maximum atomic E-state index is 12.2. The number of hydrogen-bond donors (Lipinski definition) is 1. The van der Waals surface area contributed by atoms with E-state index in [2.05, 4.69) is 46.2 Å². The number of oxazole rings is 1. The lowest BCUT2D eigenvalue weighted by atomic mass is 10.0. The first-order valence-electron chi connectivity index (χ1n) is 10.2. The second-order valence-electron chi connectivity index (χ2n) is 7.56. The van der Waals surface area contributed by atoms with Crippen LogP contribution in [0, 0.1) is 0 Å². The van der Waals surface area contributed by atoms with Gasteiger partial charge in [-0.3, -0.25) is 9.78 Å². The summed E-state index contributed by atoms with van der Waals surface area (Å²) >= 11 is 1.54. The molecule has 7 heteroatoms. The number of carbonyl (C=O) groups is 1. The third kappa shape index (κ3) is 5.44. The van der Waals surface area contributed by atoms with Crippen molar-refractivity contribution in [1.82, 2.24) is 20.3 Å². The van der Waals surface area contributed by atoms with Crippen LogP contribution in [0.2, 0.25) is 0 Å². The van der Waals surface area contributed by atoms with Crippen LogP contribution in [0.1, 0.15) is 43.3 Å². The molecule has 0 spiro atoms. The lowest BCUT2D eigenvalue weighted by molar-refractivity contribution is -0.121. The number of aromatic nitrogens is 3. The number of aryl methyl sites for hydroxylation is 1. The highest BCUT2D eigenvalue weighted by Crippen LogP contribution is 2.24. The van der Waals surface area contributed by atoms with Gasteiger partial charge in [0, 0.05) is 41.7 Å². The van der Waals surface area contributed by atoms with E-state index in [0.717, 1.165) is 27.6 Å². The lowest BCUT2D eigenvalue weighted by Gasteiger charge is -2.05. The average molecular weight is 433 g/mol. The highest BCUT2D eigenvalue weighted by molar-refractivity contribution is 7.13. The molecule has 4 rings (SSSR count). The van der Waals surface area contributed by atoms with Gasteiger partial charge in [-0.15, -0.1) is 11.3 Å². The minimum absolute atomic E-state index is 0.0584. The summed E-state index contributed by atoms with van der Waals surface area (Å²) in [5.74, 6) is 1.71. The van der Waals surface area contributed by atoms with Crippen molar-refractivity contribution in [2.45, 2.75) is 39.2 Å². The Bertz CT molecular complexity index is 1130. The number of hydrogen-bond acceptors (Lipinski definition) is 6. The minimum Gasteiger partial charge on any atom is -0.441 e. The number of pyridine rings is 1. The van der Waals surface area contributed by atoms with Crippen molar-refractivity contribution in [3.05, 3.63) is 77.5 Å². The SMILES string of the molecule is CC(C)c1ccc(-c2cnc(CCC(=O)NCc3csc(-c4cccnc4)n3)o2)cc1. The van der Waals surface area contributed by atoms with E-state index < -0.39 is 0 Å². The van der Waals surface area contributed by atoms with Crippen LogP contribution in [0.4, 0.5) is 0 Å². The average Bonchev–Trinajstić information content (AvgIpc) is 3.47. The molecule has 6 nitrogen and oxygen atoms in total. The molecule has 158 valence electrons. The third-order valence-electron chi connectivity index (χ3n) is 4.91. The van der Waals surface area contributed by atoms with Gasteiger partial charge in [0.1, 0.15) is 5.01 Å². The largest absolute Gasteiger partial charge is 0.441 e. The molecule has 3 aromatic heterocycles. The molecule has 0 radical (unpaired) electrons. The van der Waals surface area contributed by atoms with Gasteiger partial charge in [-0.05, 0) is 23.6 Å². The summed E-state index contributed by atoms with van der Waals surface area (Å²) in [5.41, 5.74) is 4.08. The Balaban J connectivity index is 1.26. The summed E-state index contributed by atoms with van der Waals surface area (Å²) in [6.45, 7) is 4.73. The molecular weight excluding hydrogens is 408 g/mol. The van der Waals surface area contributed by atoms with Crippen LogP contribution < -0.4 is 5.32 Å². The maximum absolute atomic E-state index is 12.2. The van der Waals surface area contributed by atoms with Gasteiger partial charge in [-0.25, -0.2) is 9.97 Å². The van der Waals surface area contributed by atoms with Crippen LogP contribution in [0.25, 0.3) is 21.9 Å². The summed E-state index contributed by atoms with van der Waals surface area (Å²) in [6, 6.07) is 12.1. The number of nitrogens with zero attached hydrogens (tertiary/aromatic N) is 3. The van der Waals surface area contributed by atoms with Gasteiger partial charge in [-0.1, -0.05) is 38.1 Å². The molecule has 0 aliphatic carbocycles. The van der Waals surface area contributed by atoms with E-state index in [1.807, 2.05) is 29.6 Å². The molecule has 0 saturated heterocycles. The van der Waals surface area contributed by atoms with Crippen molar-refractivity contribution in [3.8, 4) is 21.9 Å². The van der Waals surface area contributed by atoms with Crippen molar-refractivity contribution in [2.75, 3.05) is 0 Å². The number of thiazole rings is 1. The summed E-state index contributed by atoms with van der Waals surface area (Å²) in [7, 11) is 0. The fraction of sp³-hybridized carbons (Fsp3) is 0.250.